The number of aryl methyl sites for hydroxylation is 1. The number of nitrogens with zero attached hydrogens (tertiary/aromatic N) is 3. The lowest BCUT2D eigenvalue weighted by Crippen LogP contribution is -2.06. The van der Waals surface area contributed by atoms with Crippen LogP contribution >= 0.6 is 0 Å². The number of hydrazone groups is 1. The predicted molar refractivity (Wildman–Crippen MR) is 99.9 cm³/mol. The Morgan fingerprint density at radius 2 is 1.80 bits per heavy atom. The SMILES string of the molecule is Cc1cc(N/N=C\c2ccc(O)cc2)nc(NCc2ccccc2)n1. The van der Waals surface area contributed by atoms with Crippen LogP contribution in [0, 0.1) is 6.92 Å². The van der Waals surface area contributed by atoms with Gasteiger partial charge in [0, 0.05) is 18.3 Å². The van der Waals surface area contributed by atoms with Crippen molar-refractivity contribution in [2.24, 2.45) is 5.10 Å². The molecule has 3 N–H and O–H groups in total. The zero-order valence-electron chi connectivity index (χ0n) is 13.8. The minimum atomic E-state index is 0.227. The van der Waals surface area contributed by atoms with Crippen LogP contribution in [0.25, 0.3) is 0 Å². The Hall–Kier alpha value is -3.41. The van der Waals surface area contributed by atoms with Gasteiger partial charge in [0.25, 0.3) is 0 Å². The van der Waals surface area contributed by atoms with E-state index in [1.807, 2.05) is 43.3 Å². The summed E-state index contributed by atoms with van der Waals surface area (Å²) >= 11 is 0. The predicted octanol–water partition coefficient (Wildman–Crippen LogP) is 3.55. The number of rotatable bonds is 6. The first-order valence-corrected chi connectivity index (χ1v) is 7.91. The van der Waals surface area contributed by atoms with E-state index < -0.39 is 0 Å². The Morgan fingerprint density at radius 1 is 1.04 bits per heavy atom. The molecule has 0 aliphatic heterocycles. The highest BCUT2D eigenvalue weighted by molar-refractivity contribution is 5.80. The minimum absolute atomic E-state index is 0.227. The number of aromatic hydroxyl groups is 1. The molecular weight excluding hydrogens is 314 g/mol. The Kier molecular flexibility index (Phi) is 5.21. The molecule has 0 unspecified atom stereocenters. The zero-order chi connectivity index (χ0) is 17.5. The van der Waals surface area contributed by atoms with Crippen molar-refractivity contribution in [3.8, 4) is 5.75 Å². The van der Waals surface area contributed by atoms with Gasteiger partial charge in [0.05, 0.1) is 6.21 Å². The van der Waals surface area contributed by atoms with Gasteiger partial charge in [-0.05, 0) is 42.3 Å². The fourth-order valence-corrected chi connectivity index (χ4v) is 2.22. The molecule has 0 radical (unpaired) electrons. The van der Waals surface area contributed by atoms with Gasteiger partial charge in [0.2, 0.25) is 5.95 Å². The third-order valence-corrected chi connectivity index (χ3v) is 3.43. The molecule has 0 spiro atoms. The molecule has 0 amide bonds. The smallest absolute Gasteiger partial charge is 0.225 e. The number of phenols is 1. The van der Waals surface area contributed by atoms with Crippen LogP contribution < -0.4 is 10.7 Å². The highest BCUT2D eigenvalue weighted by atomic mass is 16.3. The second kappa shape index (κ2) is 7.92. The first-order chi connectivity index (χ1) is 12.2. The maximum Gasteiger partial charge on any atom is 0.225 e. The highest BCUT2D eigenvalue weighted by Gasteiger charge is 2.01. The van der Waals surface area contributed by atoms with E-state index in [-0.39, 0.29) is 5.75 Å². The van der Waals surface area contributed by atoms with Crippen LogP contribution in [0.5, 0.6) is 5.75 Å². The summed E-state index contributed by atoms with van der Waals surface area (Å²) < 4.78 is 0. The first-order valence-electron chi connectivity index (χ1n) is 7.91. The summed E-state index contributed by atoms with van der Waals surface area (Å²) in [6.45, 7) is 2.56. The molecule has 3 aromatic rings. The Bertz CT molecular complexity index is 847. The van der Waals surface area contributed by atoms with E-state index in [0.29, 0.717) is 18.3 Å². The molecule has 1 heterocycles. The van der Waals surface area contributed by atoms with Crippen molar-refractivity contribution in [3.05, 3.63) is 77.5 Å². The highest BCUT2D eigenvalue weighted by Crippen LogP contribution is 2.11. The molecule has 3 rings (SSSR count). The molecule has 0 saturated carbocycles. The largest absolute Gasteiger partial charge is 0.508 e. The van der Waals surface area contributed by atoms with Crippen LogP contribution in [0.4, 0.5) is 11.8 Å². The average molecular weight is 333 g/mol. The molecule has 0 aliphatic rings. The molecule has 25 heavy (non-hydrogen) atoms. The van der Waals surface area contributed by atoms with Gasteiger partial charge in [-0.2, -0.15) is 10.1 Å². The number of phenolic OH excluding ortho intramolecular Hbond substituents is 1. The molecule has 2 aromatic carbocycles. The van der Waals surface area contributed by atoms with Gasteiger partial charge in [0.1, 0.15) is 5.75 Å². The summed E-state index contributed by atoms with van der Waals surface area (Å²) in [5.74, 6) is 1.38. The van der Waals surface area contributed by atoms with Gasteiger partial charge in [-0.25, -0.2) is 4.98 Å². The van der Waals surface area contributed by atoms with E-state index in [2.05, 4.69) is 25.8 Å². The standard InChI is InChI=1S/C19H19N5O/c1-14-11-18(24-21-13-16-7-9-17(25)10-8-16)23-19(22-14)20-12-15-5-3-2-4-6-15/h2-11,13,25H,12H2,1H3,(H2,20,22,23,24)/b21-13-. The van der Waals surface area contributed by atoms with Crippen molar-refractivity contribution in [2.75, 3.05) is 10.7 Å². The number of hydrogen-bond acceptors (Lipinski definition) is 6. The summed E-state index contributed by atoms with van der Waals surface area (Å²) in [7, 11) is 0. The van der Waals surface area contributed by atoms with Crippen LogP contribution in [0.15, 0.2) is 65.8 Å². The van der Waals surface area contributed by atoms with Gasteiger partial charge >= 0.3 is 0 Å². The third-order valence-electron chi connectivity index (χ3n) is 3.43. The van der Waals surface area contributed by atoms with E-state index in [1.54, 1.807) is 30.5 Å². The Labute approximate surface area is 146 Å². The number of hydrogen-bond donors (Lipinski definition) is 3. The van der Waals surface area contributed by atoms with E-state index in [9.17, 15) is 5.11 Å². The summed E-state index contributed by atoms with van der Waals surface area (Å²) in [5, 5.41) is 16.7. The Balaban J connectivity index is 1.63. The van der Waals surface area contributed by atoms with Crippen molar-refractivity contribution < 1.29 is 5.11 Å². The lowest BCUT2D eigenvalue weighted by Gasteiger charge is -2.08. The quantitative estimate of drug-likeness (QED) is 0.475. The zero-order valence-corrected chi connectivity index (χ0v) is 13.8. The van der Waals surface area contributed by atoms with Crippen LogP contribution in [-0.2, 0) is 6.54 Å². The number of aromatic nitrogens is 2. The van der Waals surface area contributed by atoms with Crippen molar-refractivity contribution in [1.29, 1.82) is 0 Å². The molecular formula is C19H19N5O. The van der Waals surface area contributed by atoms with E-state index in [1.165, 1.54) is 0 Å². The summed E-state index contributed by atoms with van der Waals surface area (Å²) in [5.41, 5.74) is 5.78. The molecule has 6 heteroatoms. The monoisotopic (exact) mass is 333 g/mol. The second-order valence-electron chi connectivity index (χ2n) is 5.52. The van der Waals surface area contributed by atoms with Crippen LogP contribution in [0.1, 0.15) is 16.8 Å². The molecule has 0 fully saturated rings. The van der Waals surface area contributed by atoms with Crippen molar-refractivity contribution in [2.45, 2.75) is 13.5 Å². The molecule has 0 saturated heterocycles. The lowest BCUT2D eigenvalue weighted by atomic mass is 10.2. The number of nitrogens with one attached hydrogen (secondary N) is 2. The minimum Gasteiger partial charge on any atom is -0.508 e. The summed E-state index contributed by atoms with van der Waals surface area (Å²) in [6, 6.07) is 18.7. The average Bonchev–Trinajstić information content (AvgIpc) is 2.62. The van der Waals surface area contributed by atoms with Gasteiger partial charge in [0.15, 0.2) is 5.82 Å². The van der Waals surface area contributed by atoms with Gasteiger partial charge in [-0.1, -0.05) is 30.3 Å². The van der Waals surface area contributed by atoms with Crippen molar-refractivity contribution >= 4 is 18.0 Å². The first kappa shape index (κ1) is 16.4. The summed E-state index contributed by atoms with van der Waals surface area (Å²) in [4.78, 5) is 8.79. The molecule has 0 bridgehead atoms. The summed E-state index contributed by atoms with van der Waals surface area (Å²) in [6.07, 6.45) is 1.66. The fourth-order valence-electron chi connectivity index (χ4n) is 2.22. The van der Waals surface area contributed by atoms with E-state index in [4.69, 9.17) is 0 Å². The van der Waals surface area contributed by atoms with Gasteiger partial charge < -0.3 is 10.4 Å². The van der Waals surface area contributed by atoms with Crippen LogP contribution in [0.3, 0.4) is 0 Å². The molecule has 1 aromatic heterocycles. The Morgan fingerprint density at radius 3 is 2.56 bits per heavy atom. The maximum absolute atomic E-state index is 9.27. The molecule has 126 valence electrons. The second-order valence-corrected chi connectivity index (χ2v) is 5.52. The number of benzene rings is 2. The molecule has 0 atom stereocenters. The normalized spacial score (nSPS) is 10.8. The van der Waals surface area contributed by atoms with Crippen molar-refractivity contribution in [3.63, 3.8) is 0 Å². The molecule has 6 nitrogen and oxygen atoms in total. The topological polar surface area (TPSA) is 82.4 Å². The maximum atomic E-state index is 9.27. The van der Waals surface area contributed by atoms with Crippen molar-refractivity contribution in [1.82, 2.24) is 9.97 Å². The number of anilines is 2. The lowest BCUT2D eigenvalue weighted by molar-refractivity contribution is 0.475. The van der Waals surface area contributed by atoms with Gasteiger partial charge in [-0.3, -0.25) is 5.43 Å². The third kappa shape index (κ3) is 5.04. The van der Waals surface area contributed by atoms with E-state index >= 15 is 0 Å². The van der Waals surface area contributed by atoms with Crippen LogP contribution in [0.2, 0.25) is 0 Å². The van der Waals surface area contributed by atoms with Gasteiger partial charge in [-0.15, -0.1) is 0 Å². The van der Waals surface area contributed by atoms with E-state index in [0.717, 1.165) is 16.8 Å². The molecule has 0 aliphatic carbocycles. The van der Waals surface area contributed by atoms with Crippen LogP contribution in [-0.4, -0.2) is 21.3 Å². The fraction of sp³-hybridized carbons (Fsp3) is 0.105.